The van der Waals surface area contributed by atoms with Crippen LogP contribution in [0.1, 0.15) is 91.4 Å². The van der Waals surface area contributed by atoms with Crippen LogP contribution in [0.25, 0.3) is 0 Å². The molecule has 0 spiro atoms. The maximum atomic E-state index is 11.9. The molecule has 4 unspecified atom stereocenters. The summed E-state index contributed by atoms with van der Waals surface area (Å²) in [6, 6.07) is 0. The van der Waals surface area contributed by atoms with Crippen molar-refractivity contribution >= 4 is 5.78 Å². The number of aliphatic hydroxyl groups is 1. The minimum atomic E-state index is -0.565. The molecule has 0 aromatic heterocycles. The fourth-order valence-electron chi connectivity index (χ4n) is 6.40. The lowest BCUT2D eigenvalue weighted by atomic mass is 9.58. The van der Waals surface area contributed by atoms with Crippen LogP contribution in [-0.4, -0.2) is 16.5 Å². The normalized spacial score (nSPS) is 32.7. The Morgan fingerprint density at radius 1 is 1.25 bits per heavy atom. The van der Waals surface area contributed by atoms with E-state index in [0.29, 0.717) is 23.5 Å². The van der Waals surface area contributed by atoms with Crippen molar-refractivity contribution in [3.8, 4) is 0 Å². The summed E-state index contributed by atoms with van der Waals surface area (Å²) in [7, 11) is 0. The van der Waals surface area contributed by atoms with Gasteiger partial charge in [0.2, 0.25) is 0 Å². The lowest BCUT2D eigenvalue weighted by molar-refractivity contribution is -0.120. The van der Waals surface area contributed by atoms with Gasteiger partial charge in [-0.25, -0.2) is 0 Å². The van der Waals surface area contributed by atoms with Crippen LogP contribution in [0.5, 0.6) is 0 Å². The predicted molar refractivity (Wildman–Crippen MR) is 117 cm³/mol. The summed E-state index contributed by atoms with van der Waals surface area (Å²) in [5.41, 5.74) is 0.923. The van der Waals surface area contributed by atoms with Crippen molar-refractivity contribution < 1.29 is 9.90 Å². The Morgan fingerprint density at radius 3 is 2.75 bits per heavy atom. The molecule has 6 atom stereocenters. The van der Waals surface area contributed by atoms with E-state index in [1.165, 1.54) is 44.1 Å². The van der Waals surface area contributed by atoms with Crippen molar-refractivity contribution in [2.45, 2.75) is 97.0 Å². The van der Waals surface area contributed by atoms with E-state index in [4.69, 9.17) is 0 Å². The highest BCUT2D eigenvalue weighted by Gasteiger charge is 2.42. The fourth-order valence-corrected chi connectivity index (χ4v) is 6.40. The van der Waals surface area contributed by atoms with Crippen molar-refractivity contribution in [1.82, 2.24) is 0 Å². The van der Waals surface area contributed by atoms with Crippen LogP contribution < -0.4 is 0 Å². The van der Waals surface area contributed by atoms with Crippen LogP contribution in [0, 0.1) is 35.5 Å². The van der Waals surface area contributed by atoms with E-state index in [2.05, 4.69) is 25.7 Å². The van der Waals surface area contributed by atoms with Crippen LogP contribution in [-0.2, 0) is 4.79 Å². The van der Waals surface area contributed by atoms with Gasteiger partial charge in [0, 0.05) is 12.8 Å². The zero-order valence-electron chi connectivity index (χ0n) is 18.5. The second-order valence-corrected chi connectivity index (χ2v) is 10.7. The second-order valence-electron chi connectivity index (χ2n) is 10.7. The molecule has 0 heterocycles. The molecule has 2 nitrogen and oxygen atoms in total. The molecular weight excluding hydrogens is 344 g/mol. The van der Waals surface area contributed by atoms with Gasteiger partial charge in [-0.2, -0.15) is 0 Å². The molecule has 3 aliphatic carbocycles. The molecular formula is C26H42O2. The fraction of sp³-hybridized carbons (Fsp3) is 0.808. The first kappa shape index (κ1) is 21.8. The molecule has 0 aromatic carbocycles. The Hall–Kier alpha value is -0.890. The third-order valence-corrected chi connectivity index (χ3v) is 8.16. The lowest BCUT2D eigenvalue weighted by Gasteiger charge is -2.47. The zero-order valence-corrected chi connectivity index (χ0v) is 18.5. The third-order valence-electron chi connectivity index (χ3n) is 8.16. The maximum absolute atomic E-state index is 11.9. The Balaban J connectivity index is 1.57. The Kier molecular flexibility index (Phi) is 7.23. The first-order chi connectivity index (χ1) is 13.3. The Labute approximate surface area is 172 Å². The number of allylic oxidation sites excluding steroid dienone is 3. The molecule has 0 saturated heterocycles. The first-order valence-electron chi connectivity index (χ1n) is 11.8. The quantitative estimate of drug-likeness (QED) is 0.484. The van der Waals surface area contributed by atoms with Gasteiger partial charge in [-0.05, 0) is 94.3 Å². The van der Waals surface area contributed by atoms with Crippen LogP contribution >= 0.6 is 0 Å². The number of rotatable bonds is 8. The molecule has 28 heavy (non-hydrogen) atoms. The van der Waals surface area contributed by atoms with Crippen LogP contribution in [0.4, 0.5) is 0 Å². The highest BCUT2D eigenvalue weighted by atomic mass is 16.3. The molecule has 0 aliphatic heterocycles. The summed E-state index contributed by atoms with van der Waals surface area (Å²) in [5, 5.41) is 10.0. The van der Waals surface area contributed by atoms with Gasteiger partial charge in [0.1, 0.15) is 5.78 Å². The van der Waals surface area contributed by atoms with Crippen molar-refractivity contribution in [3.05, 3.63) is 24.3 Å². The Morgan fingerprint density at radius 2 is 2.04 bits per heavy atom. The van der Waals surface area contributed by atoms with Crippen molar-refractivity contribution in [3.63, 3.8) is 0 Å². The van der Waals surface area contributed by atoms with Crippen molar-refractivity contribution in [1.29, 1.82) is 0 Å². The molecule has 0 aromatic rings. The number of hydrogen-bond donors (Lipinski definition) is 1. The minimum Gasteiger partial charge on any atom is -0.390 e. The largest absolute Gasteiger partial charge is 0.390 e. The van der Waals surface area contributed by atoms with Gasteiger partial charge in [-0.15, -0.1) is 6.58 Å². The standard InChI is InChI=1S/C26H42O2/c1-5-19(18(2)15-16-26(3,4)28)9-10-20-7-6-8-25-23(20)13-11-21-17-22(27)12-14-24(21)25/h5,11,18-20,23-25,28H,1,6-10,12-17H2,2-4H3/t18?,19-,20?,23?,24+,25?/m1/s1. The van der Waals surface area contributed by atoms with Gasteiger partial charge < -0.3 is 5.11 Å². The molecule has 2 fully saturated rings. The van der Waals surface area contributed by atoms with Gasteiger partial charge >= 0.3 is 0 Å². The van der Waals surface area contributed by atoms with Gasteiger partial charge in [0.25, 0.3) is 0 Å². The number of hydrogen-bond acceptors (Lipinski definition) is 2. The number of ketones is 1. The van der Waals surface area contributed by atoms with E-state index in [1.54, 1.807) is 0 Å². The molecule has 0 amide bonds. The van der Waals surface area contributed by atoms with Gasteiger partial charge in [-0.1, -0.05) is 37.5 Å². The average Bonchev–Trinajstić information content (AvgIpc) is 2.65. The molecule has 2 saturated carbocycles. The highest BCUT2D eigenvalue weighted by Crippen LogP contribution is 2.51. The van der Waals surface area contributed by atoms with Crippen molar-refractivity contribution in [2.75, 3.05) is 0 Å². The summed E-state index contributed by atoms with van der Waals surface area (Å²) in [5.74, 6) is 4.84. The van der Waals surface area contributed by atoms with E-state index in [9.17, 15) is 9.90 Å². The lowest BCUT2D eigenvalue weighted by Crippen LogP contribution is -2.38. The molecule has 1 N–H and O–H groups in total. The van der Waals surface area contributed by atoms with Crippen molar-refractivity contribution in [2.24, 2.45) is 35.5 Å². The molecule has 3 rings (SSSR count). The zero-order chi connectivity index (χ0) is 20.3. The molecule has 0 radical (unpaired) electrons. The summed E-state index contributed by atoms with van der Waals surface area (Å²) in [6.45, 7) is 10.3. The average molecular weight is 387 g/mol. The SMILES string of the molecule is C=C[C@H](CCC1CCCC2C1CC=C1CC(=O)CC[C@@H]12)C(C)CCC(C)(C)O. The number of carbonyl (C=O) groups is 1. The summed E-state index contributed by atoms with van der Waals surface area (Å²) < 4.78 is 0. The molecule has 158 valence electrons. The van der Waals surface area contributed by atoms with E-state index < -0.39 is 5.60 Å². The molecule has 3 aliphatic rings. The number of carbonyl (C=O) groups excluding carboxylic acids is 1. The topological polar surface area (TPSA) is 37.3 Å². The second kappa shape index (κ2) is 9.28. The van der Waals surface area contributed by atoms with E-state index in [-0.39, 0.29) is 0 Å². The van der Waals surface area contributed by atoms with Gasteiger partial charge in [-0.3, -0.25) is 4.79 Å². The molecule has 2 heteroatoms. The summed E-state index contributed by atoms with van der Waals surface area (Å²) >= 11 is 0. The van der Waals surface area contributed by atoms with E-state index in [1.807, 2.05) is 13.8 Å². The van der Waals surface area contributed by atoms with Crippen LogP contribution in [0.3, 0.4) is 0 Å². The summed E-state index contributed by atoms with van der Waals surface area (Å²) in [6.07, 6.45) is 17.1. The Bertz CT molecular complexity index is 582. The van der Waals surface area contributed by atoms with E-state index >= 15 is 0 Å². The van der Waals surface area contributed by atoms with E-state index in [0.717, 1.165) is 49.9 Å². The van der Waals surface area contributed by atoms with Crippen LogP contribution in [0.15, 0.2) is 24.3 Å². The predicted octanol–water partition coefficient (Wildman–Crippen LogP) is 6.49. The smallest absolute Gasteiger partial charge is 0.136 e. The first-order valence-corrected chi connectivity index (χ1v) is 11.8. The van der Waals surface area contributed by atoms with Gasteiger partial charge in [0.15, 0.2) is 0 Å². The van der Waals surface area contributed by atoms with Gasteiger partial charge in [0.05, 0.1) is 5.60 Å². The van der Waals surface area contributed by atoms with Crippen LogP contribution in [0.2, 0.25) is 0 Å². The number of Topliss-reactive ketones (excluding diaryl/α,β-unsaturated/α-hetero) is 1. The third kappa shape index (κ3) is 5.38. The highest BCUT2D eigenvalue weighted by molar-refractivity contribution is 5.82. The molecule has 0 bridgehead atoms. The monoisotopic (exact) mass is 386 g/mol. The maximum Gasteiger partial charge on any atom is 0.136 e. The summed E-state index contributed by atoms with van der Waals surface area (Å²) in [4.78, 5) is 11.9. The minimum absolute atomic E-state index is 0.460. The number of fused-ring (bicyclic) bond motifs is 3.